The van der Waals surface area contributed by atoms with Gasteiger partial charge in [0.25, 0.3) is 0 Å². The van der Waals surface area contributed by atoms with E-state index in [-0.39, 0.29) is 18.0 Å². The first-order chi connectivity index (χ1) is 14.7. The number of rotatable bonds is 4. The summed E-state index contributed by atoms with van der Waals surface area (Å²) in [4.78, 5) is 24.4. The van der Waals surface area contributed by atoms with Crippen molar-refractivity contribution in [2.45, 2.75) is 62.8 Å². The van der Waals surface area contributed by atoms with Crippen LogP contribution in [-0.4, -0.2) is 27.9 Å². The van der Waals surface area contributed by atoms with Crippen molar-refractivity contribution in [2.75, 3.05) is 5.32 Å². The molecule has 1 aromatic rings. The molecule has 0 aromatic heterocycles. The Hall–Kier alpha value is -2.07. The van der Waals surface area contributed by atoms with Gasteiger partial charge in [-0.25, -0.2) is 0 Å². The molecule has 1 aromatic carbocycles. The average molecular weight is 475 g/mol. The third-order valence-corrected chi connectivity index (χ3v) is 6.32. The number of thioether (sulfide) groups is 1. The SMILES string of the molecule is O=C(C[C@@H]1S/C(=N/N=C2CCCCCCC2)NC1=O)Nc1ccc(Cl)c(C(F)(F)F)c1. The predicted molar refractivity (Wildman–Crippen MR) is 116 cm³/mol. The van der Waals surface area contributed by atoms with E-state index in [4.69, 9.17) is 11.6 Å². The maximum atomic E-state index is 13.0. The largest absolute Gasteiger partial charge is 0.417 e. The number of alkyl halides is 3. The number of nitrogens with zero attached hydrogens (tertiary/aromatic N) is 2. The average Bonchev–Trinajstić information content (AvgIpc) is 3.01. The van der Waals surface area contributed by atoms with E-state index in [1.54, 1.807) is 0 Å². The second kappa shape index (κ2) is 10.5. The van der Waals surface area contributed by atoms with Crippen molar-refractivity contribution >= 4 is 51.7 Å². The molecule has 0 bridgehead atoms. The fourth-order valence-corrected chi connectivity index (χ4v) is 4.46. The Morgan fingerprint density at radius 3 is 2.52 bits per heavy atom. The van der Waals surface area contributed by atoms with Crippen LogP contribution in [0.3, 0.4) is 0 Å². The van der Waals surface area contributed by atoms with E-state index >= 15 is 0 Å². The van der Waals surface area contributed by atoms with Crippen LogP contribution in [0.1, 0.15) is 56.9 Å². The lowest BCUT2D eigenvalue weighted by Gasteiger charge is -2.12. The molecule has 1 aliphatic carbocycles. The summed E-state index contributed by atoms with van der Waals surface area (Å²) < 4.78 is 38.9. The van der Waals surface area contributed by atoms with Crippen molar-refractivity contribution in [1.82, 2.24) is 5.32 Å². The normalized spacial score (nSPS) is 21.4. The second-order valence-electron chi connectivity index (χ2n) is 7.38. The van der Waals surface area contributed by atoms with Crippen LogP contribution in [0.5, 0.6) is 0 Å². The number of carbonyl (C=O) groups is 2. The van der Waals surface area contributed by atoms with Gasteiger partial charge in [-0.1, -0.05) is 42.6 Å². The summed E-state index contributed by atoms with van der Waals surface area (Å²) in [5.41, 5.74) is -0.0798. The number of anilines is 1. The highest BCUT2D eigenvalue weighted by Crippen LogP contribution is 2.36. The molecule has 0 radical (unpaired) electrons. The topological polar surface area (TPSA) is 82.9 Å². The van der Waals surface area contributed by atoms with Crippen LogP contribution in [0, 0.1) is 0 Å². The molecule has 2 amide bonds. The maximum absolute atomic E-state index is 13.0. The smallest absolute Gasteiger partial charge is 0.326 e. The fourth-order valence-electron chi connectivity index (χ4n) is 3.32. The molecule has 168 valence electrons. The molecule has 2 aliphatic rings. The van der Waals surface area contributed by atoms with E-state index in [2.05, 4.69) is 20.8 Å². The molecule has 1 atom stereocenters. The molecule has 0 spiro atoms. The molecule has 6 nitrogen and oxygen atoms in total. The van der Waals surface area contributed by atoms with Crippen LogP contribution in [-0.2, 0) is 15.8 Å². The first-order valence-electron chi connectivity index (χ1n) is 10.00. The Kier molecular flexibility index (Phi) is 7.99. The zero-order chi connectivity index (χ0) is 22.4. The molecular formula is C20H22ClF3N4O2S. The van der Waals surface area contributed by atoms with E-state index in [1.165, 1.54) is 25.3 Å². The zero-order valence-electron chi connectivity index (χ0n) is 16.6. The number of amidine groups is 1. The van der Waals surface area contributed by atoms with Crippen LogP contribution in [0.4, 0.5) is 18.9 Å². The van der Waals surface area contributed by atoms with Crippen molar-refractivity contribution in [3.05, 3.63) is 28.8 Å². The lowest BCUT2D eigenvalue weighted by molar-refractivity contribution is -0.137. The van der Waals surface area contributed by atoms with Gasteiger partial charge in [-0.15, -0.1) is 5.10 Å². The molecule has 1 saturated carbocycles. The second-order valence-corrected chi connectivity index (χ2v) is 8.98. The number of carbonyl (C=O) groups excluding carboxylic acids is 2. The third kappa shape index (κ3) is 6.96. The van der Waals surface area contributed by atoms with Crippen molar-refractivity contribution < 1.29 is 22.8 Å². The summed E-state index contributed by atoms with van der Waals surface area (Å²) in [5.74, 6) is -0.973. The monoisotopic (exact) mass is 474 g/mol. The minimum atomic E-state index is -4.64. The molecule has 1 saturated heterocycles. The van der Waals surface area contributed by atoms with Crippen LogP contribution >= 0.6 is 23.4 Å². The van der Waals surface area contributed by atoms with Gasteiger partial charge < -0.3 is 10.6 Å². The summed E-state index contributed by atoms with van der Waals surface area (Å²) in [7, 11) is 0. The molecule has 0 unspecified atom stereocenters. The molecule has 11 heteroatoms. The molecule has 2 N–H and O–H groups in total. The molecule has 2 fully saturated rings. The highest BCUT2D eigenvalue weighted by atomic mass is 35.5. The fraction of sp³-hybridized carbons (Fsp3) is 0.500. The Morgan fingerprint density at radius 1 is 1.16 bits per heavy atom. The van der Waals surface area contributed by atoms with Gasteiger partial charge in [0.1, 0.15) is 5.25 Å². The minimum absolute atomic E-state index is 0.0466. The van der Waals surface area contributed by atoms with Crippen LogP contribution in [0.25, 0.3) is 0 Å². The standard InChI is InChI=1S/C20H22ClF3N4O2S/c21-15-9-8-13(10-14(15)20(22,23)24)25-17(29)11-16-18(30)26-19(31-16)28-27-12-6-4-2-1-3-5-7-12/h8-10,16H,1-7,11H2,(H,25,29)(H,26,28,30)/t16-/m0/s1. The molecular weight excluding hydrogens is 453 g/mol. The van der Waals surface area contributed by atoms with Gasteiger partial charge in [0.2, 0.25) is 11.8 Å². The molecule has 31 heavy (non-hydrogen) atoms. The van der Waals surface area contributed by atoms with Gasteiger partial charge in [0.05, 0.1) is 10.6 Å². The summed E-state index contributed by atoms with van der Waals surface area (Å²) in [5, 5.41) is 12.5. The van der Waals surface area contributed by atoms with E-state index in [0.29, 0.717) is 5.17 Å². The van der Waals surface area contributed by atoms with Gasteiger partial charge in [-0.05, 0) is 43.9 Å². The summed E-state index contributed by atoms with van der Waals surface area (Å²) in [6.07, 6.45) is 2.68. The van der Waals surface area contributed by atoms with E-state index in [0.717, 1.165) is 55.3 Å². The van der Waals surface area contributed by atoms with Crippen molar-refractivity contribution in [2.24, 2.45) is 10.2 Å². The Morgan fingerprint density at radius 2 is 1.84 bits per heavy atom. The number of nitrogens with one attached hydrogen (secondary N) is 2. The van der Waals surface area contributed by atoms with Gasteiger partial charge in [0.15, 0.2) is 5.17 Å². The van der Waals surface area contributed by atoms with Gasteiger partial charge in [0, 0.05) is 17.8 Å². The summed E-state index contributed by atoms with van der Waals surface area (Å²) in [6, 6.07) is 3.10. The Labute approximate surface area is 187 Å². The Balaban J connectivity index is 1.58. The highest BCUT2D eigenvalue weighted by Gasteiger charge is 2.34. The van der Waals surface area contributed by atoms with E-state index in [1.807, 2.05) is 0 Å². The van der Waals surface area contributed by atoms with Crippen molar-refractivity contribution in [3.63, 3.8) is 0 Å². The molecule has 1 aliphatic heterocycles. The first-order valence-corrected chi connectivity index (χ1v) is 11.3. The zero-order valence-corrected chi connectivity index (χ0v) is 18.2. The highest BCUT2D eigenvalue weighted by molar-refractivity contribution is 8.15. The Bertz CT molecular complexity index is 895. The molecule has 1 heterocycles. The summed E-state index contributed by atoms with van der Waals surface area (Å²) in [6.45, 7) is 0. The molecule has 3 rings (SSSR count). The van der Waals surface area contributed by atoms with Gasteiger partial charge in [-0.3, -0.25) is 9.59 Å². The third-order valence-electron chi connectivity index (χ3n) is 4.92. The maximum Gasteiger partial charge on any atom is 0.417 e. The van der Waals surface area contributed by atoms with E-state index < -0.39 is 27.9 Å². The van der Waals surface area contributed by atoms with Gasteiger partial charge in [-0.2, -0.15) is 18.3 Å². The number of benzene rings is 1. The predicted octanol–water partition coefficient (Wildman–Crippen LogP) is 5.38. The van der Waals surface area contributed by atoms with Crippen molar-refractivity contribution in [1.29, 1.82) is 0 Å². The minimum Gasteiger partial charge on any atom is -0.326 e. The lowest BCUT2D eigenvalue weighted by Crippen LogP contribution is -2.28. The summed E-state index contributed by atoms with van der Waals surface area (Å²) >= 11 is 6.67. The lowest BCUT2D eigenvalue weighted by atomic mass is 9.99. The quantitative estimate of drug-likeness (QED) is 0.575. The number of hydrogen-bond donors (Lipinski definition) is 2. The van der Waals surface area contributed by atoms with Gasteiger partial charge >= 0.3 is 6.18 Å². The van der Waals surface area contributed by atoms with E-state index in [9.17, 15) is 22.8 Å². The van der Waals surface area contributed by atoms with Crippen LogP contribution in [0.2, 0.25) is 5.02 Å². The van der Waals surface area contributed by atoms with Crippen LogP contribution in [0.15, 0.2) is 28.4 Å². The van der Waals surface area contributed by atoms with Crippen LogP contribution < -0.4 is 10.6 Å². The number of halogens is 4. The first kappa shape index (κ1) is 23.6. The van der Waals surface area contributed by atoms with Crippen molar-refractivity contribution in [3.8, 4) is 0 Å². The number of amides is 2. The number of hydrogen-bond acceptors (Lipinski definition) is 5.